The molecule has 0 saturated carbocycles. The van der Waals surface area contributed by atoms with Gasteiger partial charge in [0.25, 0.3) is 0 Å². The average molecular weight is 234 g/mol. The Morgan fingerprint density at radius 3 is 2.19 bits per heavy atom. The molecule has 16 heavy (non-hydrogen) atoms. The second-order valence-corrected chi connectivity index (χ2v) is 4.40. The SMILES string of the molecule is CCC(CC(O)COC(C)COC)C(C)O. The van der Waals surface area contributed by atoms with Gasteiger partial charge < -0.3 is 19.7 Å². The van der Waals surface area contributed by atoms with E-state index in [0.29, 0.717) is 19.6 Å². The first kappa shape index (κ1) is 15.8. The van der Waals surface area contributed by atoms with Crippen LogP contribution in [0.3, 0.4) is 0 Å². The van der Waals surface area contributed by atoms with Crippen LogP contribution >= 0.6 is 0 Å². The van der Waals surface area contributed by atoms with Gasteiger partial charge in [-0.1, -0.05) is 13.3 Å². The Labute approximate surface area is 98.6 Å². The van der Waals surface area contributed by atoms with Crippen molar-refractivity contribution in [2.24, 2.45) is 5.92 Å². The molecule has 0 saturated heterocycles. The molecule has 0 heterocycles. The van der Waals surface area contributed by atoms with E-state index in [-0.39, 0.29) is 18.1 Å². The lowest BCUT2D eigenvalue weighted by Crippen LogP contribution is -2.27. The smallest absolute Gasteiger partial charge is 0.0781 e. The quantitative estimate of drug-likeness (QED) is 0.629. The molecule has 0 aliphatic heterocycles. The Kier molecular flexibility index (Phi) is 8.84. The van der Waals surface area contributed by atoms with Gasteiger partial charge >= 0.3 is 0 Å². The van der Waals surface area contributed by atoms with Crippen molar-refractivity contribution in [3.05, 3.63) is 0 Å². The van der Waals surface area contributed by atoms with Crippen molar-refractivity contribution in [2.45, 2.75) is 51.9 Å². The standard InChI is InChI=1S/C12H26O4/c1-5-11(10(3)13)6-12(14)8-16-9(2)7-15-4/h9-14H,5-8H2,1-4H3. The molecule has 0 aromatic rings. The van der Waals surface area contributed by atoms with Crippen molar-refractivity contribution in [2.75, 3.05) is 20.3 Å². The van der Waals surface area contributed by atoms with Crippen LogP contribution < -0.4 is 0 Å². The Morgan fingerprint density at radius 2 is 1.75 bits per heavy atom. The zero-order valence-electron chi connectivity index (χ0n) is 10.8. The Morgan fingerprint density at radius 1 is 1.12 bits per heavy atom. The van der Waals surface area contributed by atoms with Gasteiger partial charge in [0.2, 0.25) is 0 Å². The van der Waals surface area contributed by atoms with Crippen LogP contribution in [0.25, 0.3) is 0 Å². The summed E-state index contributed by atoms with van der Waals surface area (Å²) < 4.78 is 10.3. The van der Waals surface area contributed by atoms with Gasteiger partial charge in [0.15, 0.2) is 0 Å². The number of rotatable bonds is 9. The average Bonchev–Trinajstić information content (AvgIpc) is 2.23. The highest BCUT2D eigenvalue weighted by molar-refractivity contribution is 4.68. The van der Waals surface area contributed by atoms with Gasteiger partial charge in [0.05, 0.1) is 31.5 Å². The van der Waals surface area contributed by atoms with Crippen molar-refractivity contribution in [3.8, 4) is 0 Å². The summed E-state index contributed by atoms with van der Waals surface area (Å²) in [5.74, 6) is 0.135. The first-order valence-electron chi connectivity index (χ1n) is 5.97. The van der Waals surface area contributed by atoms with Gasteiger partial charge in [0, 0.05) is 7.11 Å². The summed E-state index contributed by atoms with van der Waals surface area (Å²) in [5.41, 5.74) is 0. The highest BCUT2D eigenvalue weighted by Crippen LogP contribution is 2.16. The molecule has 2 N–H and O–H groups in total. The van der Waals surface area contributed by atoms with Crippen molar-refractivity contribution >= 4 is 0 Å². The minimum absolute atomic E-state index is 0.00808. The highest BCUT2D eigenvalue weighted by Gasteiger charge is 2.18. The Hall–Kier alpha value is -0.160. The molecule has 0 bridgehead atoms. The van der Waals surface area contributed by atoms with E-state index in [0.717, 1.165) is 6.42 Å². The van der Waals surface area contributed by atoms with Crippen LogP contribution in [0.2, 0.25) is 0 Å². The Balaban J connectivity index is 3.75. The van der Waals surface area contributed by atoms with Gasteiger partial charge in [-0.25, -0.2) is 0 Å². The van der Waals surface area contributed by atoms with Crippen LogP contribution in [0, 0.1) is 5.92 Å². The Bertz CT molecular complexity index is 161. The maximum absolute atomic E-state index is 9.74. The molecule has 0 radical (unpaired) electrons. The van der Waals surface area contributed by atoms with Gasteiger partial charge in [-0.3, -0.25) is 0 Å². The van der Waals surface area contributed by atoms with E-state index in [4.69, 9.17) is 9.47 Å². The molecule has 0 aliphatic carbocycles. The lowest BCUT2D eigenvalue weighted by atomic mass is 9.94. The predicted octanol–water partition coefficient (Wildman–Crippen LogP) is 1.20. The summed E-state index contributed by atoms with van der Waals surface area (Å²) in [6.07, 6.45) is 0.539. The third kappa shape index (κ3) is 7.17. The number of aliphatic hydroxyl groups excluding tert-OH is 2. The molecule has 4 atom stereocenters. The third-order valence-electron chi connectivity index (χ3n) is 2.76. The summed E-state index contributed by atoms with van der Waals surface area (Å²) in [5, 5.41) is 19.2. The fourth-order valence-electron chi connectivity index (χ4n) is 1.68. The first-order valence-corrected chi connectivity index (χ1v) is 5.97. The van der Waals surface area contributed by atoms with Crippen LogP contribution in [0.5, 0.6) is 0 Å². The third-order valence-corrected chi connectivity index (χ3v) is 2.76. The summed E-state index contributed by atoms with van der Waals surface area (Å²) in [7, 11) is 1.62. The molecule has 0 rings (SSSR count). The van der Waals surface area contributed by atoms with E-state index in [1.807, 2.05) is 13.8 Å². The first-order chi connectivity index (χ1) is 7.51. The summed E-state index contributed by atoms with van der Waals surface area (Å²) in [6.45, 7) is 6.50. The highest BCUT2D eigenvalue weighted by atomic mass is 16.5. The predicted molar refractivity (Wildman–Crippen MR) is 63.4 cm³/mol. The second kappa shape index (κ2) is 8.93. The monoisotopic (exact) mass is 234 g/mol. The molecular weight excluding hydrogens is 208 g/mol. The van der Waals surface area contributed by atoms with Crippen molar-refractivity contribution in [1.82, 2.24) is 0 Å². The molecule has 0 fully saturated rings. The van der Waals surface area contributed by atoms with Crippen molar-refractivity contribution < 1.29 is 19.7 Å². The second-order valence-electron chi connectivity index (χ2n) is 4.40. The number of methoxy groups -OCH3 is 1. The molecule has 0 aliphatic rings. The van der Waals surface area contributed by atoms with Gasteiger partial charge in [-0.15, -0.1) is 0 Å². The molecule has 4 nitrogen and oxygen atoms in total. The van der Waals surface area contributed by atoms with Crippen LogP contribution in [0.1, 0.15) is 33.6 Å². The van der Waals surface area contributed by atoms with Crippen LogP contribution in [-0.2, 0) is 9.47 Å². The fraction of sp³-hybridized carbons (Fsp3) is 1.00. The van der Waals surface area contributed by atoms with Gasteiger partial charge in [-0.2, -0.15) is 0 Å². The van der Waals surface area contributed by atoms with E-state index < -0.39 is 6.10 Å². The van der Waals surface area contributed by atoms with Crippen LogP contribution in [0.15, 0.2) is 0 Å². The molecule has 0 spiro atoms. The van der Waals surface area contributed by atoms with Crippen LogP contribution in [-0.4, -0.2) is 48.8 Å². The normalized spacial score (nSPS) is 19.1. The molecule has 0 amide bonds. The van der Waals surface area contributed by atoms with E-state index in [1.54, 1.807) is 14.0 Å². The summed E-state index contributed by atoms with van der Waals surface area (Å²) in [6, 6.07) is 0. The number of hydrogen-bond donors (Lipinski definition) is 2. The molecular formula is C12H26O4. The number of aliphatic hydroxyl groups is 2. The summed E-state index contributed by atoms with van der Waals surface area (Å²) in [4.78, 5) is 0. The lowest BCUT2D eigenvalue weighted by Gasteiger charge is -2.22. The number of hydrogen-bond acceptors (Lipinski definition) is 4. The summed E-state index contributed by atoms with van der Waals surface area (Å²) >= 11 is 0. The van der Waals surface area contributed by atoms with Gasteiger partial charge in [-0.05, 0) is 26.2 Å². The number of ether oxygens (including phenoxy) is 2. The van der Waals surface area contributed by atoms with E-state index in [9.17, 15) is 10.2 Å². The van der Waals surface area contributed by atoms with E-state index >= 15 is 0 Å². The molecule has 98 valence electrons. The maximum Gasteiger partial charge on any atom is 0.0781 e. The molecule has 0 aromatic carbocycles. The lowest BCUT2D eigenvalue weighted by molar-refractivity contribution is -0.0428. The largest absolute Gasteiger partial charge is 0.393 e. The topological polar surface area (TPSA) is 58.9 Å². The minimum atomic E-state index is -0.515. The zero-order chi connectivity index (χ0) is 12.6. The molecule has 0 aromatic heterocycles. The molecule has 4 heteroatoms. The van der Waals surface area contributed by atoms with Gasteiger partial charge in [0.1, 0.15) is 0 Å². The zero-order valence-corrected chi connectivity index (χ0v) is 10.8. The molecule has 4 unspecified atom stereocenters. The van der Waals surface area contributed by atoms with E-state index in [1.165, 1.54) is 0 Å². The van der Waals surface area contributed by atoms with Crippen LogP contribution in [0.4, 0.5) is 0 Å². The minimum Gasteiger partial charge on any atom is -0.393 e. The van der Waals surface area contributed by atoms with E-state index in [2.05, 4.69) is 0 Å². The fourth-order valence-corrected chi connectivity index (χ4v) is 1.68. The van der Waals surface area contributed by atoms with Crippen molar-refractivity contribution in [1.29, 1.82) is 0 Å². The van der Waals surface area contributed by atoms with Crippen molar-refractivity contribution in [3.63, 3.8) is 0 Å². The maximum atomic E-state index is 9.74.